The van der Waals surface area contributed by atoms with E-state index in [2.05, 4.69) is 5.32 Å². The van der Waals surface area contributed by atoms with Crippen molar-refractivity contribution in [2.24, 2.45) is 0 Å². The van der Waals surface area contributed by atoms with Gasteiger partial charge in [-0.05, 0) is 69.2 Å². The normalized spacial score (nSPS) is 13.4. The van der Waals surface area contributed by atoms with Gasteiger partial charge >= 0.3 is 0 Å². The van der Waals surface area contributed by atoms with Crippen LogP contribution >= 0.6 is 0 Å². The molecule has 2 aromatic carbocycles. The van der Waals surface area contributed by atoms with E-state index in [1.807, 2.05) is 39.8 Å². The topological polar surface area (TPSA) is 71.8 Å². The van der Waals surface area contributed by atoms with Crippen LogP contribution in [-0.4, -0.2) is 25.0 Å². The number of likely N-dealkylation sites (N-methyl/N-ethyl adjacent to an activating group) is 1. The van der Waals surface area contributed by atoms with Crippen molar-refractivity contribution in [1.82, 2.24) is 0 Å². The lowest BCUT2D eigenvalue weighted by Crippen LogP contribution is -2.38. The molecule has 0 saturated carbocycles. The number of hydrogen-bond donors (Lipinski definition) is 1. The van der Waals surface area contributed by atoms with Gasteiger partial charge in [-0.25, -0.2) is 0 Å². The molecule has 1 aliphatic rings. The number of nitrogens with zero attached hydrogens (tertiary/aromatic N) is 1. The first-order chi connectivity index (χ1) is 13.4. The number of benzene rings is 2. The molecule has 0 unspecified atom stereocenters. The number of aryl methyl sites for hydroxylation is 3. The highest BCUT2D eigenvalue weighted by atomic mass is 16.5. The van der Waals surface area contributed by atoms with Crippen molar-refractivity contribution in [3.05, 3.63) is 52.8 Å². The molecule has 3 aromatic rings. The molecule has 0 radical (unpaired) electrons. The van der Waals surface area contributed by atoms with Crippen LogP contribution in [0.4, 0.5) is 11.4 Å². The predicted octanol–water partition coefficient (Wildman–Crippen LogP) is 4.36. The molecule has 0 bridgehead atoms. The summed E-state index contributed by atoms with van der Waals surface area (Å²) in [5, 5.41) is 3.81. The molecule has 1 aromatic heterocycles. The summed E-state index contributed by atoms with van der Waals surface area (Å²) < 4.78 is 11.3. The molecule has 0 spiro atoms. The van der Waals surface area contributed by atoms with Crippen molar-refractivity contribution in [2.45, 2.75) is 27.7 Å². The van der Waals surface area contributed by atoms with Gasteiger partial charge in [0.25, 0.3) is 11.8 Å². The minimum Gasteiger partial charge on any atom is -0.482 e. The minimum absolute atomic E-state index is 0.0313. The van der Waals surface area contributed by atoms with Gasteiger partial charge in [0, 0.05) is 23.2 Å². The number of hydrogen-bond acceptors (Lipinski definition) is 4. The number of carbonyl (C=O) groups is 2. The Balaban J connectivity index is 1.66. The molecule has 144 valence electrons. The highest BCUT2D eigenvalue weighted by molar-refractivity contribution is 6.07. The summed E-state index contributed by atoms with van der Waals surface area (Å²) >= 11 is 0. The number of ether oxygens (including phenoxy) is 1. The molecule has 4 rings (SSSR count). The fraction of sp³-hybridized carbons (Fsp3) is 0.273. The van der Waals surface area contributed by atoms with Crippen LogP contribution in [0.2, 0.25) is 0 Å². The zero-order valence-electron chi connectivity index (χ0n) is 16.4. The van der Waals surface area contributed by atoms with E-state index < -0.39 is 0 Å². The number of carbonyl (C=O) groups excluding carboxylic acids is 2. The van der Waals surface area contributed by atoms with Crippen LogP contribution in [-0.2, 0) is 4.79 Å². The van der Waals surface area contributed by atoms with Gasteiger partial charge in [0.1, 0.15) is 11.3 Å². The fourth-order valence-electron chi connectivity index (χ4n) is 3.51. The van der Waals surface area contributed by atoms with E-state index in [1.54, 1.807) is 23.1 Å². The number of furan rings is 1. The fourth-order valence-corrected chi connectivity index (χ4v) is 3.51. The third kappa shape index (κ3) is 2.91. The molecule has 0 fully saturated rings. The summed E-state index contributed by atoms with van der Waals surface area (Å²) in [5.41, 5.74) is 5.01. The van der Waals surface area contributed by atoms with Gasteiger partial charge in [0.15, 0.2) is 12.4 Å². The average molecular weight is 378 g/mol. The smallest absolute Gasteiger partial charge is 0.291 e. The molecule has 0 aliphatic carbocycles. The Morgan fingerprint density at radius 1 is 1.14 bits per heavy atom. The van der Waals surface area contributed by atoms with Crippen LogP contribution in [0, 0.1) is 20.8 Å². The maximum Gasteiger partial charge on any atom is 0.291 e. The van der Waals surface area contributed by atoms with Gasteiger partial charge < -0.3 is 19.4 Å². The lowest BCUT2D eigenvalue weighted by molar-refractivity contribution is -0.121. The second kappa shape index (κ2) is 6.71. The second-order valence-electron chi connectivity index (χ2n) is 7.05. The second-order valence-corrected chi connectivity index (χ2v) is 7.05. The molecule has 2 amide bonds. The number of fused-ring (bicyclic) bond motifs is 2. The van der Waals surface area contributed by atoms with Crippen LogP contribution in [0.1, 0.15) is 34.2 Å². The van der Waals surface area contributed by atoms with Gasteiger partial charge in [-0.15, -0.1) is 0 Å². The van der Waals surface area contributed by atoms with E-state index >= 15 is 0 Å². The van der Waals surface area contributed by atoms with Gasteiger partial charge in [0.05, 0.1) is 5.69 Å². The number of nitrogens with one attached hydrogen (secondary N) is 1. The third-order valence-corrected chi connectivity index (χ3v) is 5.23. The van der Waals surface area contributed by atoms with Crippen LogP contribution < -0.4 is 15.0 Å². The van der Waals surface area contributed by atoms with Crippen molar-refractivity contribution in [1.29, 1.82) is 0 Å². The van der Waals surface area contributed by atoms with Gasteiger partial charge in [-0.2, -0.15) is 0 Å². The molecular weight excluding hydrogens is 356 g/mol. The lowest BCUT2D eigenvalue weighted by atomic mass is 10.0. The molecule has 2 heterocycles. The molecular formula is C22H22N2O4. The van der Waals surface area contributed by atoms with E-state index in [0.29, 0.717) is 29.3 Å². The standard InChI is InChI=1S/C22H22N2O4/c1-5-24-17-10-15(6-7-18(17)27-11-20(24)25)23-22(26)21-14(4)16-8-12(2)13(3)9-19(16)28-21/h6-10H,5,11H2,1-4H3,(H,23,26). The zero-order valence-corrected chi connectivity index (χ0v) is 16.4. The van der Waals surface area contributed by atoms with Crippen molar-refractivity contribution in [3.63, 3.8) is 0 Å². The monoisotopic (exact) mass is 378 g/mol. The summed E-state index contributed by atoms with van der Waals surface area (Å²) in [5.74, 6) is 0.495. The lowest BCUT2D eigenvalue weighted by Gasteiger charge is -2.28. The maximum atomic E-state index is 12.8. The highest BCUT2D eigenvalue weighted by Gasteiger charge is 2.25. The molecule has 28 heavy (non-hydrogen) atoms. The van der Waals surface area contributed by atoms with E-state index in [-0.39, 0.29) is 24.2 Å². The summed E-state index contributed by atoms with van der Waals surface area (Å²) in [4.78, 5) is 26.5. The Hall–Kier alpha value is -3.28. The molecule has 0 atom stereocenters. The van der Waals surface area contributed by atoms with Crippen LogP contribution in [0.25, 0.3) is 11.0 Å². The van der Waals surface area contributed by atoms with Crippen molar-refractivity contribution in [2.75, 3.05) is 23.4 Å². The first-order valence-electron chi connectivity index (χ1n) is 9.28. The van der Waals surface area contributed by atoms with E-state index in [0.717, 1.165) is 22.1 Å². The average Bonchev–Trinajstić information content (AvgIpc) is 2.98. The zero-order chi connectivity index (χ0) is 20.0. The molecule has 1 aliphatic heterocycles. The SMILES string of the molecule is CCN1C(=O)COc2ccc(NC(=O)c3oc4cc(C)c(C)cc4c3C)cc21. The quantitative estimate of drug-likeness (QED) is 0.735. The Kier molecular flexibility index (Phi) is 4.34. The summed E-state index contributed by atoms with van der Waals surface area (Å²) in [7, 11) is 0. The summed E-state index contributed by atoms with van der Waals surface area (Å²) in [6.45, 7) is 8.41. The van der Waals surface area contributed by atoms with Gasteiger partial charge in [-0.1, -0.05) is 0 Å². The Morgan fingerprint density at radius 3 is 2.64 bits per heavy atom. The number of rotatable bonds is 3. The predicted molar refractivity (Wildman–Crippen MR) is 108 cm³/mol. The Morgan fingerprint density at radius 2 is 1.89 bits per heavy atom. The molecule has 6 nitrogen and oxygen atoms in total. The molecule has 6 heteroatoms. The van der Waals surface area contributed by atoms with Gasteiger partial charge in [0.2, 0.25) is 0 Å². The number of anilines is 2. The first kappa shape index (κ1) is 18.1. The van der Waals surface area contributed by atoms with Crippen LogP contribution in [0.5, 0.6) is 5.75 Å². The number of amides is 2. The van der Waals surface area contributed by atoms with Crippen molar-refractivity contribution in [3.8, 4) is 5.75 Å². The van der Waals surface area contributed by atoms with E-state index in [4.69, 9.17) is 9.15 Å². The Bertz CT molecular complexity index is 1110. The van der Waals surface area contributed by atoms with Crippen LogP contribution in [0.3, 0.4) is 0 Å². The molecule has 0 saturated heterocycles. The third-order valence-electron chi connectivity index (χ3n) is 5.23. The largest absolute Gasteiger partial charge is 0.482 e. The van der Waals surface area contributed by atoms with Crippen molar-refractivity contribution >= 4 is 34.2 Å². The van der Waals surface area contributed by atoms with E-state index in [1.165, 1.54) is 0 Å². The summed E-state index contributed by atoms with van der Waals surface area (Å²) in [6.07, 6.45) is 0. The first-order valence-corrected chi connectivity index (χ1v) is 9.28. The minimum atomic E-state index is -0.324. The summed E-state index contributed by atoms with van der Waals surface area (Å²) in [6, 6.07) is 9.27. The van der Waals surface area contributed by atoms with Gasteiger partial charge in [-0.3, -0.25) is 9.59 Å². The Labute approximate surface area is 163 Å². The van der Waals surface area contributed by atoms with Crippen LogP contribution in [0.15, 0.2) is 34.7 Å². The molecule has 1 N–H and O–H groups in total. The highest BCUT2D eigenvalue weighted by Crippen LogP contribution is 2.35. The van der Waals surface area contributed by atoms with E-state index in [9.17, 15) is 9.59 Å². The maximum absolute atomic E-state index is 12.8. The van der Waals surface area contributed by atoms with Crippen molar-refractivity contribution < 1.29 is 18.7 Å².